The number of carbonyl (C=O) groups is 1. The first-order valence-corrected chi connectivity index (χ1v) is 6.59. The van der Waals surface area contributed by atoms with Crippen LogP contribution < -0.4 is 10.3 Å². The molecule has 0 saturated carbocycles. The summed E-state index contributed by atoms with van der Waals surface area (Å²) in [5.74, 6) is -0.418. The summed E-state index contributed by atoms with van der Waals surface area (Å²) in [5.41, 5.74) is 1.15. The number of hydrogen-bond donors (Lipinski definition) is 1. The number of ether oxygens (including phenoxy) is 1. The van der Waals surface area contributed by atoms with Crippen molar-refractivity contribution >= 4 is 5.97 Å². The Kier molecular flexibility index (Phi) is 4.42. The van der Waals surface area contributed by atoms with Gasteiger partial charge in [0.1, 0.15) is 11.3 Å². The summed E-state index contributed by atoms with van der Waals surface area (Å²) in [6.07, 6.45) is 0.647. The van der Waals surface area contributed by atoms with Crippen LogP contribution in [0.15, 0.2) is 41.2 Å². The van der Waals surface area contributed by atoms with Gasteiger partial charge in [-0.3, -0.25) is 4.79 Å². The quantitative estimate of drug-likeness (QED) is 0.914. The van der Waals surface area contributed by atoms with Crippen molar-refractivity contribution in [2.24, 2.45) is 0 Å². The maximum absolute atomic E-state index is 12.1. The van der Waals surface area contributed by atoms with Crippen molar-refractivity contribution < 1.29 is 14.6 Å². The molecule has 1 aromatic carbocycles. The molecule has 110 valence electrons. The molecule has 1 heterocycles. The van der Waals surface area contributed by atoms with Crippen molar-refractivity contribution in [2.45, 2.75) is 19.9 Å². The summed E-state index contributed by atoms with van der Waals surface area (Å²) in [7, 11) is 1.61. The average Bonchev–Trinajstić information content (AvgIpc) is 2.47. The SMILES string of the molecule is COc1ccc(CCn2c(C)ccc(C(=O)O)c2=O)cc1. The fourth-order valence-corrected chi connectivity index (χ4v) is 2.14. The second-order valence-corrected chi connectivity index (χ2v) is 4.75. The van der Waals surface area contributed by atoms with Gasteiger partial charge in [-0.1, -0.05) is 12.1 Å². The van der Waals surface area contributed by atoms with Gasteiger partial charge in [0, 0.05) is 12.2 Å². The van der Waals surface area contributed by atoms with Crippen LogP contribution in [0.5, 0.6) is 5.75 Å². The van der Waals surface area contributed by atoms with E-state index in [1.807, 2.05) is 24.3 Å². The van der Waals surface area contributed by atoms with Crippen LogP contribution in [-0.4, -0.2) is 22.8 Å². The van der Waals surface area contributed by atoms with Gasteiger partial charge in [-0.15, -0.1) is 0 Å². The minimum absolute atomic E-state index is 0.199. The third-order valence-electron chi connectivity index (χ3n) is 3.41. The topological polar surface area (TPSA) is 68.5 Å². The van der Waals surface area contributed by atoms with Gasteiger partial charge in [-0.2, -0.15) is 0 Å². The van der Waals surface area contributed by atoms with Crippen molar-refractivity contribution in [3.8, 4) is 5.75 Å². The molecule has 0 fully saturated rings. The molecular formula is C16H17NO4. The molecule has 21 heavy (non-hydrogen) atoms. The van der Waals surface area contributed by atoms with Gasteiger partial charge >= 0.3 is 5.97 Å². The highest BCUT2D eigenvalue weighted by Gasteiger charge is 2.12. The zero-order valence-corrected chi connectivity index (χ0v) is 12.0. The molecule has 5 nitrogen and oxygen atoms in total. The third kappa shape index (κ3) is 3.31. The molecule has 0 aliphatic rings. The largest absolute Gasteiger partial charge is 0.497 e. The summed E-state index contributed by atoms with van der Waals surface area (Å²) in [6.45, 7) is 2.24. The normalized spacial score (nSPS) is 10.4. The number of aryl methyl sites for hydroxylation is 2. The van der Waals surface area contributed by atoms with Gasteiger partial charge in [0.25, 0.3) is 5.56 Å². The van der Waals surface area contributed by atoms with E-state index >= 15 is 0 Å². The van der Waals surface area contributed by atoms with E-state index in [1.165, 1.54) is 10.6 Å². The summed E-state index contributed by atoms with van der Waals surface area (Å²) in [5, 5.41) is 9.00. The molecule has 0 saturated heterocycles. The van der Waals surface area contributed by atoms with Gasteiger partial charge in [-0.05, 0) is 43.2 Å². The van der Waals surface area contributed by atoms with Crippen LogP contribution in [0.1, 0.15) is 21.6 Å². The van der Waals surface area contributed by atoms with E-state index in [-0.39, 0.29) is 5.56 Å². The Labute approximate surface area is 122 Å². The van der Waals surface area contributed by atoms with Crippen molar-refractivity contribution in [1.82, 2.24) is 4.57 Å². The van der Waals surface area contributed by atoms with Gasteiger partial charge < -0.3 is 14.4 Å². The fraction of sp³-hybridized carbons (Fsp3) is 0.250. The number of nitrogens with zero attached hydrogens (tertiary/aromatic N) is 1. The van der Waals surface area contributed by atoms with E-state index in [2.05, 4.69) is 0 Å². The van der Waals surface area contributed by atoms with Crippen molar-refractivity contribution in [2.75, 3.05) is 7.11 Å². The van der Waals surface area contributed by atoms with Crippen molar-refractivity contribution in [3.05, 3.63) is 63.6 Å². The maximum atomic E-state index is 12.1. The zero-order chi connectivity index (χ0) is 15.4. The maximum Gasteiger partial charge on any atom is 0.341 e. The number of carboxylic acids is 1. The summed E-state index contributed by atoms with van der Waals surface area (Å²) < 4.78 is 6.59. The van der Waals surface area contributed by atoms with E-state index in [1.54, 1.807) is 20.1 Å². The van der Waals surface area contributed by atoms with E-state index in [0.717, 1.165) is 17.0 Å². The first kappa shape index (κ1) is 14.8. The molecule has 2 aromatic rings. The molecule has 1 N–H and O–H groups in total. The smallest absolute Gasteiger partial charge is 0.341 e. The number of aromatic carboxylic acids is 1. The predicted molar refractivity (Wildman–Crippen MR) is 79.1 cm³/mol. The second kappa shape index (κ2) is 6.26. The zero-order valence-electron chi connectivity index (χ0n) is 12.0. The van der Waals surface area contributed by atoms with Crippen LogP contribution >= 0.6 is 0 Å². The first-order valence-electron chi connectivity index (χ1n) is 6.59. The average molecular weight is 287 g/mol. The molecule has 0 spiro atoms. The lowest BCUT2D eigenvalue weighted by Crippen LogP contribution is -2.28. The molecule has 0 atom stereocenters. The Bertz CT molecular complexity index is 701. The van der Waals surface area contributed by atoms with E-state index in [4.69, 9.17) is 9.84 Å². The standard InChI is InChI=1S/C16H17NO4/c1-11-3-8-14(16(19)20)15(18)17(11)10-9-12-4-6-13(21-2)7-5-12/h3-8H,9-10H2,1-2H3,(H,19,20). The highest BCUT2D eigenvalue weighted by Crippen LogP contribution is 2.12. The highest BCUT2D eigenvalue weighted by molar-refractivity contribution is 5.87. The number of hydrogen-bond acceptors (Lipinski definition) is 3. The van der Waals surface area contributed by atoms with Crippen molar-refractivity contribution in [3.63, 3.8) is 0 Å². The Balaban J connectivity index is 2.21. The lowest BCUT2D eigenvalue weighted by molar-refractivity contribution is 0.0694. The van der Waals surface area contributed by atoms with Crippen LogP contribution in [0.25, 0.3) is 0 Å². The minimum Gasteiger partial charge on any atom is -0.497 e. The lowest BCUT2D eigenvalue weighted by Gasteiger charge is -2.11. The van der Waals surface area contributed by atoms with Gasteiger partial charge in [-0.25, -0.2) is 4.79 Å². The summed E-state index contributed by atoms with van der Waals surface area (Å²) >= 11 is 0. The highest BCUT2D eigenvalue weighted by atomic mass is 16.5. The van der Waals surface area contributed by atoms with Crippen LogP contribution in [-0.2, 0) is 13.0 Å². The Morgan fingerprint density at radius 2 is 1.86 bits per heavy atom. The molecular weight excluding hydrogens is 270 g/mol. The van der Waals surface area contributed by atoms with E-state index in [0.29, 0.717) is 13.0 Å². The molecule has 0 unspecified atom stereocenters. The number of rotatable bonds is 5. The Morgan fingerprint density at radius 3 is 2.43 bits per heavy atom. The molecule has 0 bridgehead atoms. The van der Waals surface area contributed by atoms with Crippen LogP contribution in [0.2, 0.25) is 0 Å². The van der Waals surface area contributed by atoms with Gasteiger partial charge in [0.2, 0.25) is 0 Å². The second-order valence-electron chi connectivity index (χ2n) is 4.75. The van der Waals surface area contributed by atoms with Crippen molar-refractivity contribution in [1.29, 1.82) is 0 Å². The molecule has 0 aliphatic carbocycles. The summed E-state index contributed by atoms with van der Waals surface area (Å²) in [4.78, 5) is 23.1. The number of methoxy groups -OCH3 is 1. The van der Waals surface area contributed by atoms with Crippen LogP contribution in [0.4, 0.5) is 0 Å². The monoisotopic (exact) mass is 287 g/mol. The molecule has 5 heteroatoms. The lowest BCUT2D eigenvalue weighted by atomic mass is 10.1. The van der Waals surface area contributed by atoms with Crippen LogP contribution in [0, 0.1) is 6.92 Å². The molecule has 2 rings (SSSR count). The van der Waals surface area contributed by atoms with Gasteiger partial charge in [0.15, 0.2) is 0 Å². The fourth-order valence-electron chi connectivity index (χ4n) is 2.14. The van der Waals surface area contributed by atoms with E-state index in [9.17, 15) is 9.59 Å². The molecule has 0 amide bonds. The third-order valence-corrected chi connectivity index (χ3v) is 3.41. The predicted octanol–water partition coefficient (Wildman–Crippen LogP) is 2.11. The van der Waals surface area contributed by atoms with Gasteiger partial charge in [0.05, 0.1) is 7.11 Å². The molecule has 0 radical (unpaired) electrons. The number of benzene rings is 1. The minimum atomic E-state index is -1.20. The number of aromatic nitrogens is 1. The van der Waals surface area contributed by atoms with E-state index < -0.39 is 11.5 Å². The number of pyridine rings is 1. The summed E-state index contributed by atoms with van der Waals surface area (Å²) in [6, 6.07) is 10.6. The molecule has 0 aliphatic heterocycles. The van der Waals surface area contributed by atoms with Crippen LogP contribution in [0.3, 0.4) is 0 Å². The first-order chi connectivity index (χ1) is 10.0. The Hall–Kier alpha value is -2.56. The Morgan fingerprint density at radius 1 is 1.19 bits per heavy atom. The number of carboxylic acid groups (broad SMARTS) is 1. The molecule has 1 aromatic heterocycles.